The van der Waals surface area contributed by atoms with Gasteiger partial charge in [-0.15, -0.1) is 0 Å². The number of benzene rings is 1. The SMILES string of the molecule is COc1ccc(Cl)cc1C(=O)NNC(=O)CNC(=O)c1ccc(Br)o1. The van der Waals surface area contributed by atoms with Gasteiger partial charge < -0.3 is 14.5 Å². The van der Waals surface area contributed by atoms with Gasteiger partial charge in [0.05, 0.1) is 19.2 Å². The van der Waals surface area contributed by atoms with Crippen molar-refractivity contribution >= 4 is 45.3 Å². The molecule has 0 aliphatic rings. The molecule has 0 saturated carbocycles. The Kier molecular flexibility index (Phi) is 6.43. The summed E-state index contributed by atoms with van der Waals surface area (Å²) in [5.74, 6) is -1.47. The number of hydrogen-bond acceptors (Lipinski definition) is 5. The van der Waals surface area contributed by atoms with Gasteiger partial charge in [0, 0.05) is 5.02 Å². The maximum Gasteiger partial charge on any atom is 0.287 e. The highest BCUT2D eigenvalue weighted by molar-refractivity contribution is 9.10. The van der Waals surface area contributed by atoms with Crippen LogP contribution in [0.25, 0.3) is 0 Å². The Morgan fingerprint density at radius 2 is 1.92 bits per heavy atom. The Hall–Kier alpha value is -2.52. The molecule has 8 nitrogen and oxygen atoms in total. The summed E-state index contributed by atoms with van der Waals surface area (Å²) in [7, 11) is 1.40. The summed E-state index contributed by atoms with van der Waals surface area (Å²) in [6.07, 6.45) is 0. The van der Waals surface area contributed by atoms with Crippen LogP contribution in [0.4, 0.5) is 0 Å². The largest absolute Gasteiger partial charge is 0.496 e. The number of halogens is 2. The van der Waals surface area contributed by atoms with Crippen LogP contribution in [-0.4, -0.2) is 31.4 Å². The number of hydrazine groups is 1. The molecular weight excluding hydrogens is 418 g/mol. The predicted octanol–water partition coefficient (Wildman–Crippen LogP) is 1.90. The topological polar surface area (TPSA) is 110 Å². The van der Waals surface area contributed by atoms with E-state index in [9.17, 15) is 14.4 Å². The highest BCUT2D eigenvalue weighted by Gasteiger charge is 2.15. The van der Waals surface area contributed by atoms with Crippen molar-refractivity contribution in [2.24, 2.45) is 0 Å². The second kappa shape index (κ2) is 8.54. The molecule has 0 aliphatic carbocycles. The molecule has 2 aromatic rings. The maximum atomic E-state index is 12.1. The van der Waals surface area contributed by atoms with E-state index >= 15 is 0 Å². The van der Waals surface area contributed by atoms with Crippen LogP contribution in [0.2, 0.25) is 5.02 Å². The third-order valence-electron chi connectivity index (χ3n) is 2.93. The second-order valence-corrected chi connectivity index (χ2v) is 5.85. The van der Waals surface area contributed by atoms with Crippen LogP contribution in [0.5, 0.6) is 5.75 Å². The molecule has 25 heavy (non-hydrogen) atoms. The van der Waals surface area contributed by atoms with E-state index in [-0.39, 0.29) is 17.9 Å². The van der Waals surface area contributed by atoms with Crippen LogP contribution in [0.3, 0.4) is 0 Å². The van der Waals surface area contributed by atoms with Gasteiger partial charge >= 0.3 is 0 Å². The van der Waals surface area contributed by atoms with Crippen molar-refractivity contribution in [2.45, 2.75) is 0 Å². The lowest BCUT2D eigenvalue weighted by Crippen LogP contribution is -2.46. The van der Waals surface area contributed by atoms with E-state index in [4.69, 9.17) is 20.8 Å². The quantitative estimate of drug-likeness (QED) is 0.628. The Morgan fingerprint density at radius 3 is 2.56 bits per heavy atom. The van der Waals surface area contributed by atoms with Gasteiger partial charge in [-0.1, -0.05) is 11.6 Å². The maximum absolute atomic E-state index is 12.1. The molecule has 0 atom stereocenters. The molecule has 1 aromatic carbocycles. The summed E-state index contributed by atoms with van der Waals surface area (Å²) in [5, 5.41) is 2.69. The molecule has 0 saturated heterocycles. The lowest BCUT2D eigenvalue weighted by molar-refractivity contribution is -0.120. The fourth-order valence-electron chi connectivity index (χ4n) is 1.78. The molecule has 0 spiro atoms. The first-order valence-electron chi connectivity index (χ1n) is 6.87. The Morgan fingerprint density at radius 1 is 1.16 bits per heavy atom. The van der Waals surface area contributed by atoms with Gasteiger partial charge in [0.25, 0.3) is 17.7 Å². The minimum Gasteiger partial charge on any atom is -0.496 e. The minimum absolute atomic E-state index is 0.0485. The summed E-state index contributed by atoms with van der Waals surface area (Å²) < 4.78 is 10.5. The van der Waals surface area contributed by atoms with Crippen LogP contribution >= 0.6 is 27.5 Å². The van der Waals surface area contributed by atoms with Gasteiger partial charge in [-0.25, -0.2) is 0 Å². The number of methoxy groups -OCH3 is 1. The smallest absolute Gasteiger partial charge is 0.287 e. The first-order valence-corrected chi connectivity index (χ1v) is 8.04. The normalized spacial score (nSPS) is 10.0. The zero-order chi connectivity index (χ0) is 18.4. The van der Waals surface area contributed by atoms with Crippen LogP contribution < -0.4 is 20.9 Å². The molecule has 132 valence electrons. The molecule has 3 N–H and O–H groups in total. The van der Waals surface area contributed by atoms with Crippen LogP contribution in [0, 0.1) is 0 Å². The van der Waals surface area contributed by atoms with E-state index in [2.05, 4.69) is 32.1 Å². The van der Waals surface area contributed by atoms with Crippen molar-refractivity contribution < 1.29 is 23.5 Å². The van der Waals surface area contributed by atoms with Crippen molar-refractivity contribution in [3.63, 3.8) is 0 Å². The summed E-state index contributed by atoms with van der Waals surface area (Å²) in [4.78, 5) is 35.5. The summed E-state index contributed by atoms with van der Waals surface area (Å²) >= 11 is 8.91. The van der Waals surface area contributed by atoms with Crippen LogP contribution in [0.15, 0.2) is 39.4 Å². The van der Waals surface area contributed by atoms with E-state index < -0.39 is 17.7 Å². The van der Waals surface area contributed by atoms with E-state index in [0.717, 1.165) is 0 Å². The van der Waals surface area contributed by atoms with Crippen molar-refractivity contribution in [2.75, 3.05) is 13.7 Å². The Labute approximate surface area is 155 Å². The molecular formula is C15H13BrClN3O5. The predicted molar refractivity (Wildman–Crippen MR) is 92.4 cm³/mol. The van der Waals surface area contributed by atoms with E-state index in [1.807, 2.05) is 0 Å². The second-order valence-electron chi connectivity index (χ2n) is 4.63. The van der Waals surface area contributed by atoms with Gasteiger partial charge in [0.15, 0.2) is 10.4 Å². The number of carbonyl (C=O) groups excluding carboxylic acids is 3. The number of hydrogen-bond donors (Lipinski definition) is 3. The molecule has 1 heterocycles. The molecule has 0 aliphatic heterocycles. The van der Waals surface area contributed by atoms with E-state index in [1.165, 1.54) is 25.3 Å². The lowest BCUT2D eigenvalue weighted by atomic mass is 10.2. The number of nitrogens with one attached hydrogen (secondary N) is 3. The first-order chi connectivity index (χ1) is 11.9. The lowest BCUT2D eigenvalue weighted by Gasteiger charge is -2.11. The standard InChI is InChI=1S/C15H13BrClN3O5/c1-24-10-3-2-8(17)6-9(10)14(22)20-19-13(21)7-18-15(23)11-4-5-12(16)25-11/h2-6H,7H2,1H3,(H,18,23)(H,19,21)(H,20,22). The fourth-order valence-corrected chi connectivity index (χ4v) is 2.26. The average Bonchev–Trinajstić information content (AvgIpc) is 3.04. The zero-order valence-corrected chi connectivity index (χ0v) is 15.2. The Bertz CT molecular complexity index is 808. The van der Waals surface area contributed by atoms with Gasteiger partial charge in [-0.05, 0) is 46.3 Å². The van der Waals surface area contributed by atoms with E-state index in [0.29, 0.717) is 15.4 Å². The zero-order valence-electron chi connectivity index (χ0n) is 12.9. The molecule has 0 bridgehead atoms. The highest BCUT2D eigenvalue weighted by Crippen LogP contribution is 2.22. The van der Waals surface area contributed by atoms with E-state index in [1.54, 1.807) is 12.1 Å². The van der Waals surface area contributed by atoms with Crippen molar-refractivity contribution in [3.05, 3.63) is 51.3 Å². The number of amides is 3. The molecule has 0 radical (unpaired) electrons. The fraction of sp³-hybridized carbons (Fsp3) is 0.133. The third-order valence-corrected chi connectivity index (χ3v) is 3.59. The average molecular weight is 431 g/mol. The molecule has 2 rings (SSSR count). The summed E-state index contributed by atoms with van der Waals surface area (Å²) in [6, 6.07) is 7.50. The van der Waals surface area contributed by atoms with Gasteiger partial charge in [0.1, 0.15) is 5.75 Å². The van der Waals surface area contributed by atoms with Crippen molar-refractivity contribution in [1.82, 2.24) is 16.2 Å². The Balaban J connectivity index is 1.84. The monoisotopic (exact) mass is 429 g/mol. The van der Waals surface area contributed by atoms with Crippen molar-refractivity contribution in [3.8, 4) is 5.75 Å². The number of carbonyl (C=O) groups is 3. The summed E-state index contributed by atoms with van der Waals surface area (Å²) in [5.41, 5.74) is 4.53. The van der Waals surface area contributed by atoms with Crippen molar-refractivity contribution in [1.29, 1.82) is 0 Å². The molecule has 1 aromatic heterocycles. The minimum atomic E-state index is -0.631. The first kappa shape index (κ1) is 18.8. The van der Waals surface area contributed by atoms with Crippen LogP contribution in [-0.2, 0) is 4.79 Å². The van der Waals surface area contributed by atoms with Gasteiger partial charge in [0.2, 0.25) is 0 Å². The highest BCUT2D eigenvalue weighted by atomic mass is 79.9. The van der Waals surface area contributed by atoms with Crippen LogP contribution in [0.1, 0.15) is 20.9 Å². The molecule has 0 unspecified atom stereocenters. The number of rotatable bonds is 5. The number of ether oxygens (including phenoxy) is 1. The third kappa shape index (κ3) is 5.23. The summed E-state index contributed by atoms with van der Waals surface area (Å²) in [6.45, 7) is -0.357. The molecule has 0 fully saturated rings. The van der Waals surface area contributed by atoms with Gasteiger partial charge in [-0.2, -0.15) is 0 Å². The van der Waals surface area contributed by atoms with Gasteiger partial charge in [-0.3, -0.25) is 25.2 Å². The molecule has 10 heteroatoms. The molecule has 3 amide bonds. The number of furan rings is 1.